The Morgan fingerprint density at radius 2 is 1.90 bits per heavy atom. The number of benzene rings is 2. The molecule has 0 radical (unpaired) electrons. The summed E-state index contributed by atoms with van der Waals surface area (Å²) in [6.45, 7) is 4.29. The maximum atomic E-state index is 13.6. The molecule has 0 bridgehead atoms. The molecule has 0 saturated carbocycles. The summed E-state index contributed by atoms with van der Waals surface area (Å²) >= 11 is 0. The van der Waals surface area contributed by atoms with Gasteiger partial charge in [-0.15, -0.1) is 12.4 Å². The zero-order valence-electron chi connectivity index (χ0n) is 17.1. The van der Waals surface area contributed by atoms with E-state index in [1.54, 1.807) is 42.5 Å². The number of hydrogen-bond acceptors (Lipinski definition) is 3. The fraction of sp³-hybridized carbons (Fsp3) is 0.391. The number of carbonyl (C=O) groups excluding carboxylic acids is 2. The SMILES string of the molecule is CC(CC(=O)Nc1ccc(C(=O)NCc2ccccc2F)cc1)C1CCCNC1.Cl. The number of piperidine rings is 1. The average molecular weight is 434 g/mol. The van der Waals surface area contributed by atoms with Gasteiger partial charge < -0.3 is 16.0 Å². The Labute approximate surface area is 183 Å². The molecular formula is C23H29ClFN3O2. The van der Waals surface area contributed by atoms with Crippen LogP contribution in [0.1, 0.15) is 42.1 Å². The Morgan fingerprint density at radius 3 is 2.57 bits per heavy atom. The molecule has 3 rings (SSSR count). The molecule has 1 heterocycles. The van der Waals surface area contributed by atoms with Crippen LogP contribution >= 0.6 is 12.4 Å². The molecule has 3 N–H and O–H groups in total. The molecule has 30 heavy (non-hydrogen) atoms. The minimum Gasteiger partial charge on any atom is -0.348 e. The summed E-state index contributed by atoms with van der Waals surface area (Å²) in [7, 11) is 0. The molecule has 5 nitrogen and oxygen atoms in total. The lowest BCUT2D eigenvalue weighted by atomic mass is 9.85. The second-order valence-corrected chi connectivity index (χ2v) is 7.69. The van der Waals surface area contributed by atoms with Gasteiger partial charge in [0.15, 0.2) is 0 Å². The Hall–Kier alpha value is -2.44. The van der Waals surface area contributed by atoms with Crippen LogP contribution in [0.25, 0.3) is 0 Å². The highest BCUT2D eigenvalue weighted by atomic mass is 35.5. The number of anilines is 1. The maximum absolute atomic E-state index is 13.6. The highest BCUT2D eigenvalue weighted by Crippen LogP contribution is 2.23. The molecule has 2 unspecified atom stereocenters. The topological polar surface area (TPSA) is 70.2 Å². The quantitative estimate of drug-likeness (QED) is 0.614. The summed E-state index contributed by atoms with van der Waals surface area (Å²) in [5, 5.41) is 9.00. The smallest absolute Gasteiger partial charge is 0.251 e. The van der Waals surface area contributed by atoms with Crippen LogP contribution in [0.2, 0.25) is 0 Å². The second kappa shape index (κ2) is 11.7. The third kappa shape index (κ3) is 6.82. The highest BCUT2D eigenvalue weighted by Gasteiger charge is 2.22. The largest absolute Gasteiger partial charge is 0.348 e. The Bertz CT molecular complexity index is 839. The highest BCUT2D eigenvalue weighted by molar-refractivity contribution is 5.95. The van der Waals surface area contributed by atoms with Gasteiger partial charge in [0.1, 0.15) is 5.82 Å². The number of hydrogen-bond donors (Lipinski definition) is 3. The van der Waals surface area contributed by atoms with Crippen LogP contribution in [-0.4, -0.2) is 24.9 Å². The Balaban J connectivity index is 0.00000320. The third-order valence-electron chi connectivity index (χ3n) is 5.48. The van der Waals surface area contributed by atoms with Crippen LogP contribution in [0.5, 0.6) is 0 Å². The van der Waals surface area contributed by atoms with Gasteiger partial charge in [-0.1, -0.05) is 25.1 Å². The van der Waals surface area contributed by atoms with E-state index in [9.17, 15) is 14.0 Å². The minimum atomic E-state index is -0.343. The first-order valence-corrected chi connectivity index (χ1v) is 10.1. The molecule has 0 aromatic heterocycles. The zero-order valence-corrected chi connectivity index (χ0v) is 17.9. The van der Waals surface area contributed by atoms with Crippen LogP contribution < -0.4 is 16.0 Å². The number of halogens is 2. The van der Waals surface area contributed by atoms with E-state index in [0.29, 0.717) is 35.1 Å². The van der Waals surface area contributed by atoms with Gasteiger partial charge >= 0.3 is 0 Å². The summed E-state index contributed by atoms with van der Waals surface area (Å²) in [4.78, 5) is 24.6. The van der Waals surface area contributed by atoms with Gasteiger partial charge in [0.25, 0.3) is 5.91 Å². The summed E-state index contributed by atoms with van der Waals surface area (Å²) in [6.07, 6.45) is 2.81. The van der Waals surface area contributed by atoms with E-state index in [0.717, 1.165) is 25.9 Å². The fourth-order valence-electron chi connectivity index (χ4n) is 3.66. The van der Waals surface area contributed by atoms with Crippen LogP contribution in [0.4, 0.5) is 10.1 Å². The average Bonchev–Trinajstić information content (AvgIpc) is 2.74. The van der Waals surface area contributed by atoms with E-state index in [4.69, 9.17) is 0 Å². The summed E-state index contributed by atoms with van der Waals surface area (Å²) in [6, 6.07) is 13.1. The molecular weight excluding hydrogens is 405 g/mol. The standard InChI is InChI=1S/C23H28FN3O2.ClH/c1-16(18-6-4-12-25-14-18)13-22(28)27-20-10-8-17(9-11-20)23(29)26-15-19-5-2-3-7-21(19)24;/h2-3,5,7-11,16,18,25H,4,6,12-15H2,1H3,(H,26,29)(H,27,28);1H. The van der Waals surface area contributed by atoms with Crippen LogP contribution in [0.15, 0.2) is 48.5 Å². The molecule has 2 aromatic rings. The van der Waals surface area contributed by atoms with Crippen molar-refractivity contribution in [2.75, 3.05) is 18.4 Å². The summed E-state index contributed by atoms with van der Waals surface area (Å²) in [5.41, 5.74) is 1.56. The molecule has 7 heteroatoms. The van der Waals surface area contributed by atoms with Gasteiger partial charge in [0, 0.05) is 29.8 Å². The molecule has 2 atom stereocenters. The maximum Gasteiger partial charge on any atom is 0.251 e. The van der Waals surface area contributed by atoms with Crippen LogP contribution in [-0.2, 0) is 11.3 Å². The fourth-order valence-corrected chi connectivity index (χ4v) is 3.66. The van der Waals surface area contributed by atoms with E-state index >= 15 is 0 Å². The first-order chi connectivity index (χ1) is 14.0. The van der Waals surface area contributed by atoms with Crippen molar-refractivity contribution in [1.82, 2.24) is 10.6 Å². The lowest BCUT2D eigenvalue weighted by Gasteiger charge is -2.28. The van der Waals surface area contributed by atoms with Crippen LogP contribution in [0.3, 0.4) is 0 Å². The van der Waals surface area contributed by atoms with Gasteiger partial charge in [-0.2, -0.15) is 0 Å². The molecule has 2 amide bonds. The lowest BCUT2D eigenvalue weighted by molar-refractivity contribution is -0.117. The second-order valence-electron chi connectivity index (χ2n) is 7.69. The molecule has 2 aromatic carbocycles. The zero-order chi connectivity index (χ0) is 20.6. The van der Waals surface area contributed by atoms with Gasteiger partial charge in [0.05, 0.1) is 0 Å². The molecule has 1 saturated heterocycles. The van der Waals surface area contributed by atoms with E-state index in [1.165, 1.54) is 6.07 Å². The van der Waals surface area contributed by atoms with Gasteiger partial charge in [0.2, 0.25) is 5.91 Å². The van der Waals surface area contributed by atoms with Gasteiger partial charge in [-0.05, 0) is 68.1 Å². The first kappa shape index (κ1) is 23.8. The van der Waals surface area contributed by atoms with Crippen molar-refractivity contribution < 1.29 is 14.0 Å². The predicted molar refractivity (Wildman–Crippen MR) is 119 cm³/mol. The number of carbonyl (C=O) groups is 2. The molecule has 1 aliphatic rings. The van der Waals surface area contributed by atoms with E-state index < -0.39 is 0 Å². The van der Waals surface area contributed by atoms with E-state index in [2.05, 4.69) is 22.9 Å². The molecule has 0 aliphatic carbocycles. The third-order valence-corrected chi connectivity index (χ3v) is 5.48. The Morgan fingerprint density at radius 1 is 1.17 bits per heavy atom. The molecule has 162 valence electrons. The van der Waals surface area contributed by atoms with E-state index in [-0.39, 0.29) is 36.6 Å². The molecule has 0 spiro atoms. The van der Waals surface area contributed by atoms with Crippen molar-refractivity contribution >= 4 is 29.9 Å². The predicted octanol–water partition coefficient (Wildman–Crippen LogP) is 4.14. The molecule has 1 fully saturated rings. The van der Waals surface area contributed by atoms with Crippen molar-refractivity contribution in [1.29, 1.82) is 0 Å². The summed E-state index contributed by atoms with van der Waals surface area (Å²) in [5.74, 6) is 0.217. The van der Waals surface area contributed by atoms with Crippen molar-refractivity contribution in [3.63, 3.8) is 0 Å². The van der Waals surface area contributed by atoms with Crippen LogP contribution in [0, 0.1) is 17.7 Å². The first-order valence-electron chi connectivity index (χ1n) is 10.1. The molecule has 1 aliphatic heterocycles. The van der Waals surface area contributed by atoms with Crippen molar-refractivity contribution in [2.24, 2.45) is 11.8 Å². The number of rotatable bonds is 7. The minimum absolute atomic E-state index is 0. The number of amides is 2. The summed E-state index contributed by atoms with van der Waals surface area (Å²) < 4.78 is 13.6. The normalized spacial score (nSPS) is 16.8. The van der Waals surface area contributed by atoms with Crippen molar-refractivity contribution in [3.05, 3.63) is 65.5 Å². The monoisotopic (exact) mass is 433 g/mol. The van der Waals surface area contributed by atoms with Gasteiger partial charge in [-0.25, -0.2) is 4.39 Å². The Kier molecular flexibility index (Phi) is 9.27. The van der Waals surface area contributed by atoms with E-state index in [1.807, 2.05) is 0 Å². The lowest BCUT2D eigenvalue weighted by Crippen LogP contribution is -2.34. The van der Waals surface area contributed by atoms with Gasteiger partial charge in [-0.3, -0.25) is 9.59 Å². The van der Waals surface area contributed by atoms with Crippen molar-refractivity contribution in [2.45, 2.75) is 32.7 Å². The van der Waals surface area contributed by atoms with Crippen molar-refractivity contribution in [3.8, 4) is 0 Å². The number of nitrogens with one attached hydrogen (secondary N) is 3.